The molecule has 0 bridgehead atoms. The first kappa shape index (κ1) is 17.0. The summed E-state index contributed by atoms with van der Waals surface area (Å²) in [5.74, 6) is -0.113. The maximum Gasteiger partial charge on any atom is 0.229 e. The van der Waals surface area contributed by atoms with Crippen molar-refractivity contribution in [2.24, 2.45) is 5.92 Å². The number of amides is 2. The third-order valence-electron chi connectivity index (χ3n) is 5.29. The number of carbonyl (C=O) groups excluding carboxylic acids is 2. The molecule has 24 heavy (non-hydrogen) atoms. The maximum atomic E-state index is 12.7. The van der Waals surface area contributed by atoms with Gasteiger partial charge in [-0.15, -0.1) is 0 Å². The quantitative estimate of drug-likeness (QED) is 0.919. The Kier molecular flexibility index (Phi) is 4.66. The standard InChI is InChI=1S/C20H28N2O2/c1-20(2,3)16-10-6-7-11-17(16)21-19(24)14-12-18(23)22(13-14)15-8-4-5-9-15/h6-7,10-11,14-15H,4-5,8-9,12-13H2,1-3H3,(H,21,24). The molecule has 1 aromatic carbocycles. The highest BCUT2D eigenvalue weighted by molar-refractivity contribution is 5.97. The van der Waals surface area contributed by atoms with Gasteiger partial charge < -0.3 is 10.2 Å². The predicted molar refractivity (Wildman–Crippen MR) is 95.8 cm³/mol. The van der Waals surface area contributed by atoms with Crippen molar-refractivity contribution in [3.05, 3.63) is 29.8 Å². The molecule has 1 saturated carbocycles. The highest BCUT2D eigenvalue weighted by Crippen LogP contribution is 2.32. The van der Waals surface area contributed by atoms with Crippen molar-refractivity contribution in [2.45, 2.75) is 64.3 Å². The molecule has 130 valence electrons. The van der Waals surface area contributed by atoms with Gasteiger partial charge in [-0.3, -0.25) is 9.59 Å². The SMILES string of the molecule is CC(C)(C)c1ccccc1NC(=O)C1CC(=O)N(C2CCCC2)C1. The van der Waals surface area contributed by atoms with E-state index in [1.54, 1.807) is 0 Å². The molecule has 1 aliphatic heterocycles. The molecule has 0 radical (unpaired) electrons. The number of nitrogens with one attached hydrogen (secondary N) is 1. The Balaban J connectivity index is 1.69. The monoisotopic (exact) mass is 328 g/mol. The lowest BCUT2D eigenvalue weighted by atomic mass is 9.85. The molecule has 0 spiro atoms. The summed E-state index contributed by atoms with van der Waals surface area (Å²) in [4.78, 5) is 27.0. The number of benzene rings is 1. The number of carbonyl (C=O) groups is 2. The number of hydrogen-bond donors (Lipinski definition) is 1. The molecule has 3 rings (SSSR count). The molecule has 2 amide bonds. The molecule has 1 aromatic rings. The van der Waals surface area contributed by atoms with E-state index in [1.807, 2.05) is 23.1 Å². The van der Waals surface area contributed by atoms with E-state index >= 15 is 0 Å². The fourth-order valence-electron chi connectivity index (χ4n) is 3.96. The zero-order chi connectivity index (χ0) is 17.3. The zero-order valence-corrected chi connectivity index (χ0v) is 15.0. The van der Waals surface area contributed by atoms with Crippen LogP contribution in [-0.2, 0) is 15.0 Å². The number of anilines is 1. The summed E-state index contributed by atoms with van der Waals surface area (Å²) >= 11 is 0. The second-order valence-corrected chi connectivity index (χ2v) is 8.17. The van der Waals surface area contributed by atoms with Crippen LogP contribution >= 0.6 is 0 Å². The number of rotatable bonds is 3. The summed E-state index contributed by atoms with van der Waals surface area (Å²) in [6, 6.07) is 8.30. The van der Waals surface area contributed by atoms with Crippen molar-refractivity contribution in [3.63, 3.8) is 0 Å². The van der Waals surface area contributed by atoms with E-state index < -0.39 is 0 Å². The Labute approximate surface area is 144 Å². The molecule has 2 aliphatic rings. The van der Waals surface area contributed by atoms with Gasteiger partial charge in [-0.2, -0.15) is 0 Å². The van der Waals surface area contributed by atoms with Gasteiger partial charge in [0.15, 0.2) is 0 Å². The Morgan fingerprint density at radius 2 is 1.83 bits per heavy atom. The van der Waals surface area contributed by atoms with Crippen molar-refractivity contribution in [1.82, 2.24) is 4.90 Å². The normalized spacial score (nSPS) is 22.2. The van der Waals surface area contributed by atoms with Gasteiger partial charge in [-0.1, -0.05) is 51.8 Å². The first-order chi connectivity index (χ1) is 11.4. The van der Waals surface area contributed by atoms with Crippen molar-refractivity contribution < 1.29 is 9.59 Å². The molecular weight excluding hydrogens is 300 g/mol. The van der Waals surface area contributed by atoms with Crippen molar-refractivity contribution in [1.29, 1.82) is 0 Å². The highest BCUT2D eigenvalue weighted by atomic mass is 16.2. The number of likely N-dealkylation sites (tertiary alicyclic amines) is 1. The van der Waals surface area contributed by atoms with E-state index in [0.29, 0.717) is 19.0 Å². The van der Waals surface area contributed by atoms with Crippen LogP contribution in [0.4, 0.5) is 5.69 Å². The van der Waals surface area contributed by atoms with Crippen LogP contribution in [-0.4, -0.2) is 29.3 Å². The topological polar surface area (TPSA) is 49.4 Å². The van der Waals surface area contributed by atoms with Gasteiger partial charge in [0.1, 0.15) is 0 Å². The van der Waals surface area contributed by atoms with Gasteiger partial charge >= 0.3 is 0 Å². The number of para-hydroxylation sites is 1. The lowest BCUT2D eigenvalue weighted by Gasteiger charge is -2.25. The zero-order valence-electron chi connectivity index (χ0n) is 15.0. The Bertz CT molecular complexity index is 627. The van der Waals surface area contributed by atoms with Gasteiger partial charge in [0.2, 0.25) is 11.8 Å². The number of nitrogens with zero attached hydrogens (tertiary/aromatic N) is 1. The van der Waals surface area contributed by atoms with Crippen molar-refractivity contribution in [3.8, 4) is 0 Å². The van der Waals surface area contributed by atoms with Crippen molar-refractivity contribution >= 4 is 17.5 Å². The second kappa shape index (κ2) is 6.58. The second-order valence-electron chi connectivity index (χ2n) is 8.17. The van der Waals surface area contributed by atoms with Crippen LogP contribution in [0.25, 0.3) is 0 Å². The van der Waals surface area contributed by atoms with Crippen LogP contribution in [0.1, 0.15) is 58.4 Å². The summed E-state index contributed by atoms with van der Waals surface area (Å²) < 4.78 is 0. The molecule has 4 heteroatoms. The molecular formula is C20H28N2O2. The third-order valence-corrected chi connectivity index (χ3v) is 5.29. The van der Waals surface area contributed by atoms with Gasteiger partial charge in [0.25, 0.3) is 0 Å². The molecule has 1 saturated heterocycles. The van der Waals surface area contributed by atoms with Gasteiger partial charge in [0.05, 0.1) is 5.92 Å². The van der Waals surface area contributed by atoms with Crippen LogP contribution < -0.4 is 5.32 Å². The minimum Gasteiger partial charge on any atom is -0.339 e. The fourth-order valence-corrected chi connectivity index (χ4v) is 3.96. The Hall–Kier alpha value is -1.84. The maximum absolute atomic E-state index is 12.7. The molecule has 1 heterocycles. The summed E-state index contributed by atoms with van der Waals surface area (Å²) in [6.45, 7) is 6.99. The molecule has 1 unspecified atom stereocenters. The fraction of sp³-hybridized carbons (Fsp3) is 0.600. The van der Waals surface area contributed by atoms with Gasteiger partial charge in [0, 0.05) is 24.7 Å². The van der Waals surface area contributed by atoms with E-state index in [9.17, 15) is 9.59 Å². The molecule has 0 aromatic heterocycles. The molecule has 1 N–H and O–H groups in total. The number of hydrogen-bond acceptors (Lipinski definition) is 2. The van der Waals surface area contributed by atoms with E-state index in [4.69, 9.17) is 0 Å². The predicted octanol–water partition coefficient (Wildman–Crippen LogP) is 3.71. The Morgan fingerprint density at radius 1 is 1.17 bits per heavy atom. The van der Waals surface area contributed by atoms with E-state index in [-0.39, 0.29) is 23.1 Å². The van der Waals surface area contributed by atoms with Crippen LogP contribution in [0.3, 0.4) is 0 Å². The Morgan fingerprint density at radius 3 is 2.50 bits per heavy atom. The van der Waals surface area contributed by atoms with E-state index in [0.717, 1.165) is 24.1 Å². The first-order valence-electron chi connectivity index (χ1n) is 9.06. The average Bonchev–Trinajstić information content (AvgIpc) is 3.15. The van der Waals surface area contributed by atoms with Gasteiger partial charge in [-0.05, 0) is 29.9 Å². The summed E-state index contributed by atoms with van der Waals surface area (Å²) in [6.07, 6.45) is 4.93. The summed E-state index contributed by atoms with van der Waals surface area (Å²) in [7, 11) is 0. The largest absolute Gasteiger partial charge is 0.339 e. The van der Waals surface area contributed by atoms with Crippen molar-refractivity contribution in [2.75, 3.05) is 11.9 Å². The first-order valence-corrected chi connectivity index (χ1v) is 9.06. The van der Waals surface area contributed by atoms with E-state index in [2.05, 4.69) is 32.2 Å². The van der Waals surface area contributed by atoms with Crippen LogP contribution in [0.5, 0.6) is 0 Å². The average molecular weight is 328 g/mol. The molecule has 1 aliphatic carbocycles. The lowest BCUT2D eigenvalue weighted by Crippen LogP contribution is -2.35. The minimum absolute atomic E-state index is 0.0273. The molecule has 4 nitrogen and oxygen atoms in total. The molecule has 2 fully saturated rings. The summed E-state index contributed by atoms with van der Waals surface area (Å²) in [5.41, 5.74) is 1.95. The molecule has 1 atom stereocenters. The minimum atomic E-state index is -0.230. The van der Waals surface area contributed by atoms with Crippen LogP contribution in [0.15, 0.2) is 24.3 Å². The lowest BCUT2D eigenvalue weighted by molar-refractivity contribution is -0.129. The van der Waals surface area contributed by atoms with Crippen LogP contribution in [0.2, 0.25) is 0 Å². The van der Waals surface area contributed by atoms with Crippen LogP contribution in [0, 0.1) is 5.92 Å². The van der Waals surface area contributed by atoms with Gasteiger partial charge in [-0.25, -0.2) is 0 Å². The van der Waals surface area contributed by atoms with E-state index in [1.165, 1.54) is 12.8 Å². The summed E-state index contributed by atoms with van der Waals surface area (Å²) in [5, 5.41) is 3.07. The third kappa shape index (κ3) is 3.47. The smallest absolute Gasteiger partial charge is 0.229 e. The highest BCUT2D eigenvalue weighted by Gasteiger charge is 2.38.